The second-order valence-corrected chi connectivity index (χ2v) is 5.49. The maximum Gasteiger partial charge on any atom is 0.323 e. The van der Waals surface area contributed by atoms with Gasteiger partial charge in [0.25, 0.3) is 0 Å². The molecule has 0 fully saturated rings. The summed E-state index contributed by atoms with van der Waals surface area (Å²) in [4.78, 5) is 16.4. The molecule has 0 bridgehead atoms. The fraction of sp³-hybridized carbons (Fsp3) is 0.500. The zero-order valence-corrected chi connectivity index (χ0v) is 13.6. The molecular weight excluding hydrogens is 286 g/mol. The highest BCUT2D eigenvalue weighted by molar-refractivity contribution is 7.10. The van der Waals surface area contributed by atoms with Crippen molar-refractivity contribution in [3.8, 4) is 6.01 Å². The summed E-state index contributed by atoms with van der Waals surface area (Å²) in [6.07, 6.45) is 0. The van der Waals surface area contributed by atoms with Crippen molar-refractivity contribution in [3.05, 3.63) is 22.4 Å². The van der Waals surface area contributed by atoms with E-state index in [1.165, 1.54) is 4.88 Å². The molecule has 21 heavy (non-hydrogen) atoms. The number of hydrogen-bond donors (Lipinski definition) is 1. The molecule has 2 rings (SSSR count). The van der Waals surface area contributed by atoms with E-state index in [1.807, 2.05) is 31.9 Å². The summed E-state index contributed by atoms with van der Waals surface area (Å²) in [5.74, 6) is 1.14. The van der Waals surface area contributed by atoms with E-state index in [2.05, 4.69) is 38.6 Å². The largest absolute Gasteiger partial charge is 0.464 e. The number of ether oxygens (including phenoxy) is 1. The van der Waals surface area contributed by atoms with Crippen molar-refractivity contribution in [2.45, 2.75) is 26.8 Å². The number of aromatic nitrogens is 3. The monoisotopic (exact) mass is 307 g/mol. The van der Waals surface area contributed by atoms with Gasteiger partial charge in [-0.05, 0) is 32.2 Å². The van der Waals surface area contributed by atoms with Crippen LogP contribution >= 0.6 is 11.3 Å². The number of hydrogen-bond acceptors (Lipinski definition) is 7. The van der Waals surface area contributed by atoms with Crippen LogP contribution < -0.4 is 15.0 Å². The molecule has 114 valence electrons. The van der Waals surface area contributed by atoms with Crippen LogP contribution in [0.2, 0.25) is 0 Å². The van der Waals surface area contributed by atoms with Crippen LogP contribution in [0.25, 0.3) is 0 Å². The molecule has 1 N–H and O–H groups in total. The van der Waals surface area contributed by atoms with Crippen molar-refractivity contribution in [3.63, 3.8) is 0 Å². The summed E-state index contributed by atoms with van der Waals surface area (Å²) < 4.78 is 5.43. The molecule has 0 aliphatic heterocycles. The predicted molar refractivity (Wildman–Crippen MR) is 86.3 cm³/mol. The molecule has 0 amide bonds. The van der Waals surface area contributed by atoms with Crippen LogP contribution in [0.1, 0.15) is 31.7 Å². The lowest BCUT2D eigenvalue weighted by molar-refractivity contribution is 0.312. The molecule has 0 saturated carbocycles. The topological polar surface area (TPSA) is 63.2 Å². The van der Waals surface area contributed by atoms with Crippen LogP contribution in [-0.4, -0.2) is 35.2 Å². The van der Waals surface area contributed by atoms with E-state index in [0.717, 1.165) is 6.54 Å². The quantitative estimate of drug-likeness (QED) is 0.848. The smallest absolute Gasteiger partial charge is 0.323 e. The van der Waals surface area contributed by atoms with E-state index in [1.54, 1.807) is 11.3 Å². The van der Waals surface area contributed by atoms with Crippen LogP contribution in [0, 0.1) is 0 Å². The van der Waals surface area contributed by atoms with Crippen molar-refractivity contribution >= 4 is 23.2 Å². The minimum atomic E-state index is 0.191. The van der Waals surface area contributed by atoms with Crippen molar-refractivity contribution < 1.29 is 4.74 Å². The summed E-state index contributed by atoms with van der Waals surface area (Å²) in [5, 5.41) is 5.18. The van der Waals surface area contributed by atoms with Crippen molar-refractivity contribution in [1.82, 2.24) is 15.0 Å². The van der Waals surface area contributed by atoms with E-state index in [4.69, 9.17) is 4.74 Å². The zero-order chi connectivity index (χ0) is 15.2. The Morgan fingerprint density at radius 2 is 2.14 bits per heavy atom. The highest BCUT2D eigenvalue weighted by atomic mass is 32.1. The van der Waals surface area contributed by atoms with Gasteiger partial charge in [0.1, 0.15) is 0 Å². The lowest BCUT2D eigenvalue weighted by Gasteiger charge is -2.24. The van der Waals surface area contributed by atoms with Gasteiger partial charge in [0.15, 0.2) is 0 Å². The Morgan fingerprint density at radius 3 is 2.76 bits per heavy atom. The van der Waals surface area contributed by atoms with Gasteiger partial charge in [0.05, 0.1) is 12.6 Å². The van der Waals surface area contributed by atoms with Gasteiger partial charge < -0.3 is 15.0 Å². The minimum absolute atomic E-state index is 0.191. The average molecular weight is 307 g/mol. The summed E-state index contributed by atoms with van der Waals surface area (Å²) in [6, 6.07) is 4.70. The molecule has 2 aromatic rings. The van der Waals surface area contributed by atoms with Crippen LogP contribution in [0.3, 0.4) is 0 Å². The van der Waals surface area contributed by atoms with E-state index in [0.29, 0.717) is 24.5 Å². The lowest BCUT2D eigenvalue weighted by atomic mass is 10.2. The minimum Gasteiger partial charge on any atom is -0.464 e. The summed E-state index contributed by atoms with van der Waals surface area (Å²) in [5.41, 5.74) is 0. The van der Waals surface area contributed by atoms with Gasteiger partial charge in [0.2, 0.25) is 11.9 Å². The first kappa shape index (κ1) is 15.5. The molecule has 0 aliphatic carbocycles. The van der Waals surface area contributed by atoms with Gasteiger partial charge in [0, 0.05) is 18.5 Å². The molecular formula is C14H21N5OS. The number of nitrogens with zero attached hydrogens (tertiary/aromatic N) is 4. The molecule has 7 heteroatoms. The highest BCUT2D eigenvalue weighted by Crippen LogP contribution is 2.27. The second-order valence-electron chi connectivity index (χ2n) is 4.51. The van der Waals surface area contributed by atoms with Crippen molar-refractivity contribution in [2.75, 3.05) is 30.4 Å². The molecule has 0 spiro atoms. The first-order valence-corrected chi connectivity index (χ1v) is 7.92. The van der Waals surface area contributed by atoms with Gasteiger partial charge in [-0.15, -0.1) is 11.3 Å². The molecule has 0 radical (unpaired) electrons. The summed E-state index contributed by atoms with van der Waals surface area (Å²) >= 11 is 1.72. The SMILES string of the molecule is CCNc1nc(OCC)nc(N(C)C(C)c2cccs2)n1. The third-order valence-electron chi connectivity index (χ3n) is 3.06. The van der Waals surface area contributed by atoms with E-state index < -0.39 is 0 Å². The third-order valence-corrected chi connectivity index (χ3v) is 4.11. The highest BCUT2D eigenvalue weighted by Gasteiger charge is 2.18. The van der Waals surface area contributed by atoms with E-state index in [-0.39, 0.29) is 6.04 Å². The summed E-state index contributed by atoms with van der Waals surface area (Å²) in [7, 11) is 1.98. The lowest BCUT2D eigenvalue weighted by Crippen LogP contribution is -2.24. The molecule has 6 nitrogen and oxygen atoms in total. The maximum atomic E-state index is 5.43. The Morgan fingerprint density at radius 1 is 1.33 bits per heavy atom. The molecule has 1 atom stereocenters. The van der Waals surface area contributed by atoms with Gasteiger partial charge >= 0.3 is 6.01 Å². The second kappa shape index (κ2) is 7.21. The average Bonchev–Trinajstić information content (AvgIpc) is 3.00. The molecule has 1 unspecified atom stereocenters. The fourth-order valence-electron chi connectivity index (χ4n) is 1.83. The third kappa shape index (κ3) is 3.81. The normalized spacial score (nSPS) is 12.0. The van der Waals surface area contributed by atoms with Gasteiger partial charge in [-0.2, -0.15) is 15.0 Å². The predicted octanol–water partition coefficient (Wildman–Crippen LogP) is 2.96. The molecule has 0 aromatic carbocycles. The van der Waals surface area contributed by atoms with E-state index >= 15 is 0 Å². The molecule has 0 aliphatic rings. The first-order valence-electron chi connectivity index (χ1n) is 7.04. The molecule has 2 heterocycles. The Labute approximate surface area is 129 Å². The number of anilines is 2. The number of rotatable bonds is 7. The first-order chi connectivity index (χ1) is 10.2. The van der Waals surface area contributed by atoms with E-state index in [9.17, 15) is 0 Å². The zero-order valence-electron chi connectivity index (χ0n) is 12.8. The standard InChI is InChI=1S/C14H21N5OS/c1-5-15-12-16-13(18-14(17-12)20-6-2)19(4)10(3)11-8-7-9-21-11/h7-10H,5-6H2,1-4H3,(H,15,16,17,18). The molecule has 2 aromatic heterocycles. The van der Waals surface area contributed by atoms with Crippen LogP contribution in [-0.2, 0) is 0 Å². The van der Waals surface area contributed by atoms with Crippen molar-refractivity contribution in [1.29, 1.82) is 0 Å². The van der Waals surface area contributed by atoms with Crippen LogP contribution in [0.5, 0.6) is 6.01 Å². The van der Waals surface area contributed by atoms with Crippen LogP contribution in [0.15, 0.2) is 17.5 Å². The Bertz CT molecular complexity index is 536. The van der Waals surface area contributed by atoms with Crippen LogP contribution in [0.4, 0.5) is 11.9 Å². The Hall–Kier alpha value is -1.89. The number of nitrogens with one attached hydrogen (secondary N) is 1. The summed E-state index contributed by atoms with van der Waals surface area (Å²) in [6.45, 7) is 7.32. The Balaban J connectivity index is 2.28. The van der Waals surface area contributed by atoms with Gasteiger partial charge in [-0.3, -0.25) is 0 Å². The number of thiophene rings is 1. The van der Waals surface area contributed by atoms with Gasteiger partial charge in [-0.1, -0.05) is 6.07 Å². The Kier molecular flexibility index (Phi) is 5.32. The van der Waals surface area contributed by atoms with Gasteiger partial charge in [-0.25, -0.2) is 0 Å². The molecule has 0 saturated heterocycles. The fourth-order valence-corrected chi connectivity index (χ4v) is 2.65. The van der Waals surface area contributed by atoms with Crippen molar-refractivity contribution in [2.24, 2.45) is 0 Å². The maximum absolute atomic E-state index is 5.43.